The minimum atomic E-state index is -1.47. The molecule has 3 atom stereocenters. The molecule has 144 valence electrons. The second kappa shape index (κ2) is 7.18. The predicted octanol–water partition coefficient (Wildman–Crippen LogP) is 2.42. The van der Waals surface area contributed by atoms with Crippen LogP contribution in [0, 0.1) is 17.6 Å². The number of hydroxylamine groups is 2. The topological polar surface area (TPSA) is 71.7 Å². The van der Waals surface area contributed by atoms with E-state index in [0.717, 1.165) is 29.7 Å². The van der Waals surface area contributed by atoms with Crippen molar-refractivity contribution in [3.8, 4) is 0 Å². The van der Waals surface area contributed by atoms with E-state index in [1.165, 1.54) is 0 Å². The van der Waals surface area contributed by atoms with Gasteiger partial charge in [0.2, 0.25) is 6.39 Å². The highest BCUT2D eigenvalue weighted by molar-refractivity contribution is 5.79. The SMILES string of the molecule is O=C([C@@H]1CCN(c2nnco2)C[C@@H]1F)N1OCC[C@@H]1c1cc(F)cc(F)c1. The fourth-order valence-corrected chi connectivity index (χ4v) is 3.58. The standard InChI is InChI=1S/C17H17F3N4O3/c18-11-5-10(6-12(19)7-11)15-2-4-27-24(15)16(25)13-1-3-23(8-14(13)20)17-22-21-9-26-17/h5-7,9,13-15H,1-4,8H2/t13-,14+,15-/m1/s1. The number of piperidine rings is 1. The zero-order valence-electron chi connectivity index (χ0n) is 14.2. The lowest BCUT2D eigenvalue weighted by molar-refractivity contribution is -0.184. The lowest BCUT2D eigenvalue weighted by atomic mass is 9.93. The molecule has 0 unspecified atom stereocenters. The van der Waals surface area contributed by atoms with Crippen molar-refractivity contribution in [3.63, 3.8) is 0 Å². The average Bonchev–Trinajstić information content (AvgIpc) is 3.32. The number of halogens is 3. The van der Waals surface area contributed by atoms with Crippen molar-refractivity contribution in [2.75, 3.05) is 24.6 Å². The normalized spacial score (nSPS) is 25.8. The molecular weight excluding hydrogens is 365 g/mol. The molecule has 1 aromatic heterocycles. The molecule has 0 bridgehead atoms. The van der Waals surface area contributed by atoms with Crippen molar-refractivity contribution in [1.82, 2.24) is 15.3 Å². The van der Waals surface area contributed by atoms with E-state index < -0.39 is 35.7 Å². The van der Waals surface area contributed by atoms with Gasteiger partial charge in [0.05, 0.1) is 25.1 Å². The summed E-state index contributed by atoms with van der Waals surface area (Å²) in [6.07, 6.45) is 0.298. The van der Waals surface area contributed by atoms with E-state index in [0.29, 0.717) is 13.0 Å². The van der Waals surface area contributed by atoms with E-state index in [1.54, 1.807) is 4.90 Å². The third-order valence-electron chi connectivity index (χ3n) is 4.87. The van der Waals surface area contributed by atoms with Crippen molar-refractivity contribution >= 4 is 11.9 Å². The molecule has 7 nitrogen and oxygen atoms in total. The number of anilines is 1. The van der Waals surface area contributed by atoms with Crippen LogP contribution in [0.5, 0.6) is 0 Å². The fraction of sp³-hybridized carbons (Fsp3) is 0.471. The summed E-state index contributed by atoms with van der Waals surface area (Å²) in [5.41, 5.74) is 0.289. The Hall–Kier alpha value is -2.62. The van der Waals surface area contributed by atoms with E-state index in [-0.39, 0.29) is 31.2 Å². The summed E-state index contributed by atoms with van der Waals surface area (Å²) in [5.74, 6) is -2.91. The van der Waals surface area contributed by atoms with Crippen molar-refractivity contribution in [2.24, 2.45) is 5.92 Å². The van der Waals surface area contributed by atoms with Crippen molar-refractivity contribution < 1.29 is 27.2 Å². The van der Waals surface area contributed by atoms with Crippen LogP contribution in [0.15, 0.2) is 29.0 Å². The summed E-state index contributed by atoms with van der Waals surface area (Å²) in [7, 11) is 0. The van der Waals surface area contributed by atoms with E-state index >= 15 is 0 Å². The van der Waals surface area contributed by atoms with E-state index in [2.05, 4.69) is 10.2 Å². The van der Waals surface area contributed by atoms with Gasteiger partial charge < -0.3 is 9.32 Å². The zero-order valence-corrected chi connectivity index (χ0v) is 14.2. The number of rotatable bonds is 3. The molecule has 1 aromatic carbocycles. The first-order valence-electron chi connectivity index (χ1n) is 8.60. The summed E-state index contributed by atoms with van der Waals surface area (Å²) >= 11 is 0. The van der Waals surface area contributed by atoms with Gasteiger partial charge in [-0.25, -0.2) is 18.2 Å². The van der Waals surface area contributed by atoms with Gasteiger partial charge in [-0.1, -0.05) is 5.10 Å². The number of hydrogen-bond acceptors (Lipinski definition) is 6. The van der Waals surface area contributed by atoms with Crippen molar-refractivity contribution in [1.29, 1.82) is 0 Å². The molecule has 2 aliphatic rings. The Bertz CT molecular complexity index is 800. The molecule has 27 heavy (non-hydrogen) atoms. The lowest BCUT2D eigenvalue weighted by Crippen LogP contribution is -2.48. The maximum absolute atomic E-state index is 14.7. The Balaban J connectivity index is 1.48. The van der Waals surface area contributed by atoms with Gasteiger partial charge in [-0.3, -0.25) is 9.63 Å². The second-order valence-corrected chi connectivity index (χ2v) is 6.58. The Morgan fingerprint density at radius 1 is 1.19 bits per heavy atom. The lowest BCUT2D eigenvalue weighted by Gasteiger charge is -2.35. The van der Waals surface area contributed by atoms with Gasteiger partial charge in [0.15, 0.2) is 0 Å². The smallest absolute Gasteiger partial charge is 0.318 e. The van der Waals surface area contributed by atoms with E-state index in [9.17, 15) is 18.0 Å². The highest BCUT2D eigenvalue weighted by Gasteiger charge is 2.42. The highest BCUT2D eigenvalue weighted by atomic mass is 19.1. The molecule has 0 radical (unpaired) electrons. The van der Waals surface area contributed by atoms with Crippen molar-refractivity contribution in [2.45, 2.75) is 25.1 Å². The largest absolute Gasteiger partial charge is 0.411 e. The first-order valence-corrected chi connectivity index (χ1v) is 8.60. The van der Waals surface area contributed by atoms with Gasteiger partial charge in [0.1, 0.15) is 17.8 Å². The van der Waals surface area contributed by atoms with Gasteiger partial charge in [-0.05, 0) is 24.1 Å². The minimum Gasteiger partial charge on any atom is -0.411 e. The number of nitrogens with zero attached hydrogens (tertiary/aromatic N) is 4. The molecule has 3 heterocycles. The third kappa shape index (κ3) is 3.48. The van der Waals surface area contributed by atoms with Crippen LogP contribution in [-0.4, -0.2) is 47.0 Å². The zero-order chi connectivity index (χ0) is 19.0. The van der Waals surface area contributed by atoms with Crippen LogP contribution >= 0.6 is 0 Å². The molecule has 2 saturated heterocycles. The molecule has 2 aliphatic heterocycles. The summed E-state index contributed by atoms with van der Waals surface area (Å²) < 4.78 is 46.8. The van der Waals surface area contributed by atoms with Crippen LogP contribution in [0.25, 0.3) is 0 Å². The quantitative estimate of drug-likeness (QED) is 0.812. The maximum Gasteiger partial charge on any atom is 0.318 e. The number of benzene rings is 1. The number of amides is 1. The Kier molecular flexibility index (Phi) is 4.73. The molecular formula is C17H17F3N4O3. The maximum atomic E-state index is 14.7. The Morgan fingerprint density at radius 2 is 1.96 bits per heavy atom. The first-order chi connectivity index (χ1) is 13.0. The van der Waals surface area contributed by atoms with Gasteiger partial charge in [0.25, 0.3) is 5.91 Å². The van der Waals surface area contributed by atoms with Crippen LogP contribution in [0.2, 0.25) is 0 Å². The third-order valence-corrected chi connectivity index (χ3v) is 4.87. The molecule has 0 saturated carbocycles. The summed E-state index contributed by atoms with van der Waals surface area (Å²) in [6.45, 7) is 0.518. The van der Waals surface area contributed by atoms with Crippen LogP contribution in [0.4, 0.5) is 19.2 Å². The molecule has 10 heteroatoms. The number of hydrogen-bond donors (Lipinski definition) is 0. The van der Waals surface area contributed by atoms with Crippen LogP contribution in [0.3, 0.4) is 0 Å². The molecule has 0 spiro atoms. The van der Waals surface area contributed by atoms with Gasteiger partial charge in [-0.15, -0.1) is 5.10 Å². The number of carbonyl (C=O) groups is 1. The highest BCUT2D eigenvalue weighted by Crippen LogP contribution is 2.35. The summed E-state index contributed by atoms with van der Waals surface area (Å²) in [5, 5.41) is 8.36. The number of aromatic nitrogens is 2. The number of alkyl halides is 1. The molecule has 2 fully saturated rings. The van der Waals surface area contributed by atoms with Crippen LogP contribution in [0.1, 0.15) is 24.4 Å². The number of carbonyl (C=O) groups excluding carboxylic acids is 1. The average molecular weight is 382 g/mol. The van der Waals surface area contributed by atoms with Crippen molar-refractivity contribution in [3.05, 3.63) is 41.8 Å². The van der Waals surface area contributed by atoms with Crippen LogP contribution in [-0.2, 0) is 9.63 Å². The monoisotopic (exact) mass is 382 g/mol. The molecule has 4 rings (SSSR count). The molecule has 0 N–H and O–H groups in total. The predicted molar refractivity (Wildman–Crippen MR) is 86.0 cm³/mol. The molecule has 0 aliphatic carbocycles. The van der Waals surface area contributed by atoms with Crippen LogP contribution < -0.4 is 4.90 Å². The second-order valence-electron chi connectivity index (χ2n) is 6.58. The molecule has 1 amide bonds. The first kappa shape index (κ1) is 17.8. The van der Waals surface area contributed by atoms with Gasteiger partial charge in [0, 0.05) is 19.0 Å². The minimum absolute atomic E-state index is 0.0638. The van der Waals surface area contributed by atoms with Gasteiger partial charge >= 0.3 is 6.01 Å². The summed E-state index contributed by atoms with van der Waals surface area (Å²) in [4.78, 5) is 19.8. The van der Waals surface area contributed by atoms with E-state index in [4.69, 9.17) is 9.25 Å². The molecule has 2 aromatic rings. The van der Waals surface area contributed by atoms with E-state index in [1.807, 2.05) is 0 Å². The Labute approximate surface area is 152 Å². The van der Waals surface area contributed by atoms with Gasteiger partial charge in [-0.2, -0.15) is 0 Å². The fourth-order valence-electron chi connectivity index (χ4n) is 3.58. The Morgan fingerprint density at radius 3 is 2.63 bits per heavy atom. The summed E-state index contributed by atoms with van der Waals surface area (Å²) in [6, 6.07) is 2.63.